The molecule has 2 amide bonds. The predicted molar refractivity (Wildman–Crippen MR) is 93.8 cm³/mol. The molecule has 0 spiro atoms. The summed E-state index contributed by atoms with van der Waals surface area (Å²) in [6.07, 6.45) is 0.365. The number of nitrogens with two attached hydrogens (primary N) is 1. The van der Waals surface area contributed by atoms with Gasteiger partial charge in [0.2, 0.25) is 11.8 Å². The number of carbonyl (C=O) groups is 2. The highest BCUT2D eigenvalue weighted by Crippen LogP contribution is 2.12. The minimum Gasteiger partial charge on any atom is -0.339 e. The summed E-state index contributed by atoms with van der Waals surface area (Å²) in [7, 11) is 0. The van der Waals surface area contributed by atoms with Crippen molar-refractivity contribution in [3.63, 3.8) is 0 Å². The molecule has 7 heteroatoms. The summed E-state index contributed by atoms with van der Waals surface area (Å²) in [5, 5.41) is 0.664. The summed E-state index contributed by atoms with van der Waals surface area (Å²) in [5.41, 5.74) is 6.48. The lowest BCUT2D eigenvalue weighted by atomic mass is 10.1. The number of nitrogens with zero attached hydrogens (tertiary/aromatic N) is 2. The van der Waals surface area contributed by atoms with Crippen molar-refractivity contribution in [1.29, 1.82) is 0 Å². The zero-order valence-electron chi connectivity index (χ0n) is 13.2. The van der Waals surface area contributed by atoms with Crippen molar-refractivity contribution in [3.8, 4) is 0 Å². The molecular weight excluding hydrogens is 337 g/mol. The van der Waals surface area contributed by atoms with Crippen molar-refractivity contribution >= 4 is 35.8 Å². The summed E-state index contributed by atoms with van der Waals surface area (Å²) >= 11 is 5.84. The number of hydrogen-bond donors (Lipinski definition) is 1. The summed E-state index contributed by atoms with van der Waals surface area (Å²) < 4.78 is 0. The summed E-state index contributed by atoms with van der Waals surface area (Å²) in [4.78, 5) is 28.0. The Labute approximate surface area is 148 Å². The maximum Gasteiger partial charge on any atom is 0.227 e. The Bertz CT molecular complexity index is 529. The monoisotopic (exact) mass is 359 g/mol. The van der Waals surface area contributed by atoms with Crippen molar-refractivity contribution in [2.45, 2.75) is 13.3 Å². The third-order valence-electron chi connectivity index (χ3n) is 3.99. The molecule has 0 radical (unpaired) electrons. The van der Waals surface area contributed by atoms with Gasteiger partial charge in [-0.3, -0.25) is 9.59 Å². The van der Waals surface area contributed by atoms with Crippen LogP contribution in [0, 0.1) is 5.92 Å². The van der Waals surface area contributed by atoms with Crippen molar-refractivity contribution in [2.24, 2.45) is 11.7 Å². The van der Waals surface area contributed by atoms with Gasteiger partial charge in [-0.25, -0.2) is 0 Å². The van der Waals surface area contributed by atoms with Gasteiger partial charge < -0.3 is 15.5 Å². The topological polar surface area (TPSA) is 66.6 Å². The third kappa shape index (κ3) is 5.37. The average molecular weight is 360 g/mol. The maximum atomic E-state index is 12.3. The third-order valence-corrected chi connectivity index (χ3v) is 4.24. The zero-order chi connectivity index (χ0) is 16.1. The second-order valence-corrected chi connectivity index (χ2v) is 6.08. The fourth-order valence-corrected chi connectivity index (χ4v) is 2.60. The van der Waals surface area contributed by atoms with E-state index in [9.17, 15) is 9.59 Å². The van der Waals surface area contributed by atoms with Crippen molar-refractivity contribution in [1.82, 2.24) is 9.80 Å². The second kappa shape index (κ2) is 9.11. The molecule has 2 N–H and O–H groups in total. The van der Waals surface area contributed by atoms with E-state index in [4.69, 9.17) is 17.3 Å². The first-order valence-corrected chi connectivity index (χ1v) is 7.90. The number of rotatable bonds is 4. The van der Waals surface area contributed by atoms with Crippen LogP contribution >= 0.6 is 24.0 Å². The van der Waals surface area contributed by atoms with E-state index < -0.39 is 0 Å². The normalized spacial score (nSPS) is 15.8. The molecule has 23 heavy (non-hydrogen) atoms. The van der Waals surface area contributed by atoms with Gasteiger partial charge in [0.1, 0.15) is 0 Å². The second-order valence-electron chi connectivity index (χ2n) is 5.65. The van der Waals surface area contributed by atoms with Crippen LogP contribution in [-0.4, -0.2) is 54.3 Å². The van der Waals surface area contributed by atoms with Gasteiger partial charge in [0.05, 0.1) is 6.42 Å². The van der Waals surface area contributed by atoms with Crippen LogP contribution in [0.25, 0.3) is 0 Å². The molecule has 1 aliphatic heterocycles. The van der Waals surface area contributed by atoms with Gasteiger partial charge >= 0.3 is 0 Å². The molecular formula is C16H23Cl2N3O2. The molecule has 1 fully saturated rings. The number of carbonyl (C=O) groups excluding carboxylic acids is 2. The fourth-order valence-electron chi connectivity index (χ4n) is 2.48. The van der Waals surface area contributed by atoms with Crippen LogP contribution in [-0.2, 0) is 16.0 Å². The fraction of sp³-hybridized carbons (Fsp3) is 0.500. The SMILES string of the molecule is CC(CN)C(=O)N1CCN(C(=O)Cc2ccc(Cl)cc2)CC1.Cl. The molecule has 1 atom stereocenters. The van der Waals surface area contributed by atoms with E-state index in [0.717, 1.165) is 5.56 Å². The van der Waals surface area contributed by atoms with E-state index in [-0.39, 0.29) is 30.1 Å². The number of halogens is 2. The molecule has 0 saturated carbocycles. The number of piperazine rings is 1. The van der Waals surface area contributed by atoms with Crippen LogP contribution < -0.4 is 5.73 Å². The van der Waals surface area contributed by atoms with E-state index in [1.54, 1.807) is 17.0 Å². The van der Waals surface area contributed by atoms with Crippen LogP contribution in [0.5, 0.6) is 0 Å². The Morgan fingerprint density at radius 2 is 1.65 bits per heavy atom. The first-order valence-electron chi connectivity index (χ1n) is 7.52. The molecule has 1 aromatic rings. The van der Waals surface area contributed by atoms with Crippen LogP contribution in [0.15, 0.2) is 24.3 Å². The molecule has 1 aromatic carbocycles. The molecule has 1 aliphatic rings. The maximum absolute atomic E-state index is 12.3. The molecule has 0 aromatic heterocycles. The molecule has 1 saturated heterocycles. The van der Waals surface area contributed by atoms with E-state index in [2.05, 4.69) is 0 Å². The molecule has 0 aliphatic carbocycles. The van der Waals surface area contributed by atoms with E-state index in [1.807, 2.05) is 24.0 Å². The summed E-state index contributed by atoms with van der Waals surface area (Å²) in [6, 6.07) is 7.30. The van der Waals surface area contributed by atoms with E-state index in [0.29, 0.717) is 44.2 Å². The summed E-state index contributed by atoms with van der Waals surface area (Å²) in [5.74, 6) is 0.00455. The molecule has 2 rings (SSSR count). The summed E-state index contributed by atoms with van der Waals surface area (Å²) in [6.45, 7) is 4.50. The number of benzene rings is 1. The highest BCUT2D eigenvalue weighted by atomic mass is 35.5. The lowest BCUT2D eigenvalue weighted by Crippen LogP contribution is -2.52. The van der Waals surface area contributed by atoms with Crippen LogP contribution in [0.2, 0.25) is 5.02 Å². The Kier molecular flexibility index (Phi) is 7.82. The van der Waals surface area contributed by atoms with Crippen molar-refractivity contribution in [3.05, 3.63) is 34.9 Å². The standard InChI is InChI=1S/C16H22ClN3O2.ClH/c1-12(11-18)16(22)20-8-6-19(7-9-20)15(21)10-13-2-4-14(17)5-3-13;/h2-5,12H,6-11,18H2,1H3;1H. The molecule has 0 bridgehead atoms. The highest BCUT2D eigenvalue weighted by Gasteiger charge is 2.26. The highest BCUT2D eigenvalue weighted by molar-refractivity contribution is 6.30. The number of hydrogen-bond acceptors (Lipinski definition) is 3. The first-order chi connectivity index (χ1) is 10.5. The Morgan fingerprint density at radius 3 is 2.17 bits per heavy atom. The van der Waals surface area contributed by atoms with Gasteiger partial charge in [-0.15, -0.1) is 12.4 Å². The van der Waals surface area contributed by atoms with Gasteiger partial charge in [-0.05, 0) is 17.7 Å². The zero-order valence-corrected chi connectivity index (χ0v) is 14.8. The van der Waals surface area contributed by atoms with Crippen molar-refractivity contribution < 1.29 is 9.59 Å². The predicted octanol–water partition coefficient (Wildman–Crippen LogP) is 1.57. The van der Waals surface area contributed by atoms with E-state index >= 15 is 0 Å². The lowest BCUT2D eigenvalue weighted by molar-refractivity contribution is -0.141. The average Bonchev–Trinajstić information content (AvgIpc) is 2.55. The Balaban J connectivity index is 0.00000264. The van der Waals surface area contributed by atoms with Gasteiger partial charge in [0.25, 0.3) is 0 Å². The van der Waals surface area contributed by atoms with Crippen LogP contribution in [0.3, 0.4) is 0 Å². The Morgan fingerprint density at radius 1 is 1.13 bits per heavy atom. The van der Waals surface area contributed by atoms with Crippen LogP contribution in [0.4, 0.5) is 0 Å². The number of amides is 2. The first kappa shape index (κ1) is 19.7. The van der Waals surface area contributed by atoms with Gasteiger partial charge in [-0.2, -0.15) is 0 Å². The lowest BCUT2D eigenvalue weighted by Gasteiger charge is -2.36. The smallest absolute Gasteiger partial charge is 0.227 e. The Hall–Kier alpha value is -1.30. The molecule has 1 unspecified atom stereocenters. The molecule has 128 valence electrons. The quantitative estimate of drug-likeness (QED) is 0.887. The minimum atomic E-state index is -0.156. The van der Waals surface area contributed by atoms with Gasteiger partial charge in [0.15, 0.2) is 0 Å². The van der Waals surface area contributed by atoms with Crippen molar-refractivity contribution in [2.75, 3.05) is 32.7 Å². The minimum absolute atomic E-state index is 0. The molecule has 1 heterocycles. The van der Waals surface area contributed by atoms with E-state index in [1.165, 1.54) is 0 Å². The van der Waals surface area contributed by atoms with Crippen LogP contribution in [0.1, 0.15) is 12.5 Å². The molecule has 5 nitrogen and oxygen atoms in total. The van der Waals surface area contributed by atoms with Gasteiger partial charge in [0, 0.05) is 43.7 Å². The largest absolute Gasteiger partial charge is 0.339 e. The van der Waals surface area contributed by atoms with Gasteiger partial charge in [-0.1, -0.05) is 30.7 Å².